The molecule has 3 nitrogen and oxygen atoms in total. The van der Waals surface area contributed by atoms with E-state index in [4.69, 9.17) is 5.26 Å². The van der Waals surface area contributed by atoms with E-state index in [-0.39, 0.29) is 0 Å². The van der Waals surface area contributed by atoms with Crippen molar-refractivity contribution in [3.05, 3.63) is 28.4 Å². The van der Waals surface area contributed by atoms with E-state index in [9.17, 15) is 0 Å². The van der Waals surface area contributed by atoms with Crippen LogP contribution in [0.3, 0.4) is 0 Å². The largest absolute Gasteiger partial charge is 0.270 e. The Morgan fingerprint density at radius 1 is 1.54 bits per heavy atom. The summed E-state index contributed by atoms with van der Waals surface area (Å²) in [7, 11) is 0. The number of hydrogen-bond donors (Lipinski definition) is 1. The second-order valence-electron chi connectivity index (χ2n) is 2.72. The molecule has 0 bridgehead atoms. The van der Waals surface area contributed by atoms with E-state index in [0.717, 1.165) is 21.1 Å². The number of halogens is 1. The Kier molecular flexibility index (Phi) is 2.03. The molecule has 0 aliphatic carbocycles. The molecule has 0 unspecified atom stereocenters. The molecule has 1 N–H and O–H groups in total. The molecular formula is C9H6BrN3. The minimum absolute atomic E-state index is 0.438. The summed E-state index contributed by atoms with van der Waals surface area (Å²) >= 11 is 3.35. The van der Waals surface area contributed by atoms with E-state index < -0.39 is 0 Å². The van der Waals surface area contributed by atoms with Gasteiger partial charge in [-0.3, -0.25) is 5.10 Å². The van der Waals surface area contributed by atoms with Gasteiger partial charge in [0.2, 0.25) is 0 Å². The first-order chi connectivity index (χ1) is 6.31. The summed E-state index contributed by atoms with van der Waals surface area (Å²) < 4.78 is 0.863. The molecule has 13 heavy (non-hydrogen) atoms. The zero-order chi connectivity index (χ0) is 9.26. The first-order valence-corrected chi connectivity index (χ1v) is 4.60. The van der Waals surface area contributed by atoms with Crippen LogP contribution in [0.2, 0.25) is 0 Å². The average molecular weight is 236 g/mol. The fourth-order valence-corrected chi connectivity index (χ4v) is 1.63. The Morgan fingerprint density at radius 2 is 2.38 bits per heavy atom. The summed E-state index contributed by atoms with van der Waals surface area (Å²) in [5.41, 5.74) is 1.92. The molecule has 0 fully saturated rings. The van der Waals surface area contributed by atoms with Crippen molar-refractivity contribution in [1.82, 2.24) is 10.2 Å². The number of aromatic amines is 1. The van der Waals surface area contributed by atoms with Crippen LogP contribution in [0, 0.1) is 11.3 Å². The molecular weight excluding hydrogens is 230 g/mol. The minimum atomic E-state index is 0.438. The number of hydrogen-bond acceptors (Lipinski definition) is 2. The predicted octanol–water partition coefficient (Wildman–Crippen LogP) is 2.39. The van der Waals surface area contributed by atoms with E-state index in [2.05, 4.69) is 32.2 Å². The number of rotatable bonds is 1. The highest BCUT2D eigenvalue weighted by molar-refractivity contribution is 9.10. The fraction of sp³-hybridized carbons (Fsp3) is 0.111. The Balaban J connectivity index is 2.60. The van der Waals surface area contributed by atoms with Crippen molar-refractivity contribution < 1.29 is 0 Å². The third kappa shape index (κ3) is 1.43. The Bertz CT molecular complexity index is 481. The van der Waals surface area contributed by atoms with Crippen LogP contribution in [0.15, 0.2) is 22.8 Å². The molecule has 4 heteroatoms. The molecule has 2 rings (SSSR count). The first-order valence-electron chi connectivity index (χ1n) is 3.80. The van der Waals surface area contributed by atoms with Crippen molar-refractivity contribution in [2.45, 2.75) is 6.42 Å². The lowest BCUT2D eigenvalue weighted by molar-refractivity contribution is 1.10. The van der Waals surface area contributed by atoms with Gasteiger partial charge in [0.25, 0.3) is 0 Å². The molecule has 0 saturated heterocycles. The highest BCUT2D eigenvalue weighted by atomic mass is 79.9. The highest BCUT2D eigenvalue weighted by Crippen LogP contribution is 2.21. The second-order valence-corrected chi connectivity index (χ2v) is 3.52. The van der Waals surface area contributed by atoms with Crippen molar-refractivity contribution in [1.29, 1.82) is 5.26 Å². The molecule has 0 atom stereocenters. The number of nitrogens with zero attached hydrogens (tertiary/aromatic N) is 2. The van der Waals surface area contributed by atoms with Crippen LogP contribution in [0.5, 0.6) is 0 Å². The predicted molar refractivity (Wildman–Crippen MR) is 53.1 cm³/mol. The molecule has 1 aromatic heterocycles. The normalized spacial score (nSPS) is 10.2. The van der Waals surface area contributed by atoms with Crippen molar-refractivity contribution >= 4 is 26.8 Å². The quantitative estimate of drug-likeness (QED) is 0.826. The third-order valence-corrected chi connectivity index (χ3v) is 2.46. The molecule has 0 aliphatic rings. The third-order valence-electron chi connectivity index (χ3n) is 1.86. The molecule has 0 aliphatic heterocycles. The molecule has 0 radical (unpaired) electrons. The van der Waals surface area contributed by atoms with Crippen LogP contribution in [0.25, 0.3) is 10.9 Å². The minimum Gasteiger partial charge on any atom is -0.270 e. The van der Waals surface area contributed by atoms with Gasteiger partial charge in [0, 0.05) is 5.39 Å². The molecule has 0 amide bonds. The lowest BCUT2D eigenvalue weighted by atomic mass is 10.1. The maximum atomic E-state index is 8.53. The average Bonchev–Trinajstić information content (AvgIpc) is 2.49. The van der Waals surface area contributed by atoms with Gasteiger partial charge >= 0.3 is 0 Å². The Hall–Kier alpha value is -1.34. The van der Waals surface area contributed by atoms with E-state index in [1.165, 1.54) is 0 Å². The summed E-state index contributed by atoms with van der Waals surface area (Å²) in [6.07, 6.45) is 0.438. The monoisotopic (exact) mass is 235 g/mol. The lowest BCUT2D eigenvalue weighted by Gasteiger charge is -1.93. The van der Waals surface area contributed by atoms with Gasteiger partial charge < -0.3 is 0 Å². The van der Waals surface area contributed by atoms with Crippen LogP contribution in [0.4, 0.5) is 0 Å². The number of benzene rings is 1. The van der Waals surface area contributed by atoms with Gasteiger partial charge in [-0.25, -0.2) is 0 Å². The van der Waals surface area contributed by atoms with Gasteiger partial charge in [-0.15, -0.1) is 0 Å². The van der Waals surface area contributed by atoms with Crippen LogP contribution >= 0.6 is 15.9 Å². The molecule has 0 spiro atoms. The number of fused-ring (bicyclic) bond motifs is 1. The summed E-state index contributed by atoms with van der Waals surface area (Å²) in [6.45, 7) is 0. The van der Waals surface area contributed by atoms with E-state index >= 15 is 0 Å². The molecule has 1 heterocycles. The van der Waals surface area contributed by atoms with Crippen molar-refractivity contribution in [3.8, 4) is 6.07 Å². The zero-order valence-corrected chi connectivity index (χ0v) is 8.30. The highest BCUT2D eigenvalue weighted by Gasteiger charge is 2.02. The van der Waals surface area contributed by atoms with Crippen molar-refractivity contribution in [2.75, 3.05) is 0 Å². The SMILES string of the molecule is N#CCc1ccc2n[nH]c(Br)c2c1. The van der Waals surface area contributed by atoms with Crippen LogP contribution < -0.4 is 0 Å². The van der Waals surface area contributed by atoms with E-state index in [1.807, 2.05) is 18.2 Å². The van der Waals surface area contributed by atoms with Gasteiger partial charge in [-0.2, -0.15) is 10.4 Å². The maximum Gasteiger partial charge on any atom is 0.108 e. The zero-order valence-electron chi connectivity index (χ0n) is 6.71. The van der Waals surface area contributed by atoms with Crippen molar-refractivity contribution in [3.63, 3.8) is 0 Å². The van der Waals surface area contributed by atoms with Gasteiger partial charge in [-0.1, -0.05) is 6.07 Å². The lowest BCUT2D eigenvalue weighted by Crippen LogP contribution is -1.79. The van der Waals surface area contributed by atoms with Crippen LogP contribution in [-0.2, 0) is 6.42 Å². The summed E-state index contributed by atoms with van der Waals surface area (Å²) in [5, 5.41) is 16.4. The molecule has 64 valence electrons. The number of nitrogens with one attached hydrogen (secondary N) is 1. The topological polar surface area (TPSA) is 52.5 Å². The van der Waals surface area contributed by atoms with Gasteiger partial charge in [0.15, 0.2) is 0 Å². The van der Waals surface area contributed by atoms with Crippen LogP contribution in [-0.4, -0.2) is 10.2 Å². The van der Waals surface area contributed by atoms with E-state index in [1.54, 1.807) is 0 Å². The second kappa shape index (κ2) is 3.19. The number of H-pyrrole nitrogens is 1. The molecule has 2 aromatic rings. The standard InChI is InChI=1S/C9H6BrN3/c10-9-7-5-6(3-4-11)1-2-8(7)12-13-9/h1-2,5H,3H2,(H,12,13). The van der Waals surface area contributed by atoms with Gasteiger partial charge in [0.05, 0.1) is 18.0 Å². The number of aromatic nitrogens is 2. The summed E-state index contributed by atoms with van der Waals surface area (Å²) in [4.78, 5) is 0. The summed E-state index contributed by atoms with van der Waals surface area (Å²) in [5.74, 6) is 0. The van der Waals surface area contributed by atoms with Gasteiger partial charge in [0.1, 0.15) is 4.60 Å². The summed E-state index contributed by atoms with van der Waals surface area (Å²) in [6, 6.07) is 7.90. The first kappa shape index (κ1) is 8.27. The molecule has 1 aromatic carbocycles. The Morgan fingerprint density at radius 3 is 3.15 bits per heavy atom. The maximum absolute atomic E-state index is 8.53. The Labute approximate surface area is 83.5 Å². The fourth-order valence-electron chi connectivity index (χ4n) is 1.23. The smallest absolute Gasteiger partial charge is 0.108 e. The van der Waals surface area contributed by atoms with Crippen LogP contribution in [0.1, 0.15) is 5.56 Å². The van der Waals surface area contributed by atoms with Crippen molar-refractivity contribution in [2.24, 2.45) is 0 Å². The van der Waals surface area contributed by atoms with Gasteiger partial charge in [-0.05, 0) is 33.6 Å². The molecule has 0 saturated carbocycles. The van der Waals surface area contributed by atoms with E-state index in [0.29, 0.717) is 6.42 Å². The number of nitriles is 1.